The van der Waals surface area contributed by atoms with E-state index in [2.05, 4.69) is 4.98 Å². The average Bonchev–Trinajstić information content (AvgIpc) is 2.92. The molecule has 0 bridgehead atoms. The van der Waals surface area contributed by atoms with E-state index in [-0.39, 0.29) is 25.4 Å². The van der Waals surface area contributed by atoms with E-state index in [0.29, 0.717) is 0 Å². The van der Waals surface area contributed by atoms with Crippen molar-refractivity contribution in [3.63, 3.8) is 0 Å². The molecule has 2 heterocycles. The monoisotopic (exact) mass is 330 g/mol. The van der Waals surface area contributed by atoms with Crippen LogP contribution in [0.2, 0.25) is 0 Å². The molecule has 0 radical (unpaired) electrons. The lowest BCUT2D eigenvalue weighted by molar-refractivity contribution is -0.150. The second kappa shape index (κ2) is 5.82. The third kappa shape index (κ3) is 3.02. The normalized spacial score (nSPS) is 21.7. The summed E-state index contributed by atoms with van der Waals surface area (Å²) >= 11 is 0. The summed E-state index contributed by atoms with van der Waals surface area (Å²) in [5.41, 5.74) is -2.93. The minimum Gasteiger partial charge on any atom is -0.481 e. The molecule has 126 valence electrons. The summed E-state index contributed by atoms with van der Waals surface area (Å²) in [7, 11) is 0. The standard InChI is InChI=1S/C15H17F3N2O3/c1-9(2)14(13(22)23)5-7-20(8-14)12(21)11-10(15(16,17)18)4-3-6-19-11/h3-4,6,9H,5,7-8H2,1-2H3,(H,22,23). The van der Waals surface area contributed by atoms with Gasteiger partial charge in [0, 0.05) is 19.3 Å². The van der Waals surface area contributed by atoms with Gasteiger partial charge in [-0.25, -0.2) is 0 Å². The molecule has 2 rings (SSSR count). The number of alkyl halides is 3. The molecule has 0 aliphatic carbocycles. The van der Waals surface area contributed by atoms with Gasteiger partial charge in [-0.2, -0.15) is 13.2 Å². The molecule has 1 aromatic rings. The number of carbonyl (C=O) groups excluding carboxylic acids is 1. The van der Waals surface area contributed by atoms with Crippen molar-refractivity contribution in [2.45, 2.75) is 26.4 Å². The Labute approximate surface area is 131 Å². The predicted octanol–water partition coefficient (Wildman–Crippen LogP) is 2.67. The molecule has 23 heavy (non-hydrogen) atoms. The van der Waals surface area contributed by atoms with Crippen LogP contribution in [0.1, 0.15) is 36.3 Å². The van der Waals surface area contributed by atoms with Crippen LogP contribution in [-0.4, -0.2) is 40.0 Å². The van der Waals surface area contributed by atoms with Gasteiger partial charge in [-0.15, -0.1) is 0 Å². The topological polar surface area (TPSA) is 70.5 Å². The number of carboxylic acid groups (broad SMARTS) is 1. The van der Waals surface area contributed by atoms with E-state index >= 15 is 0 Å². The summed E-state index contributed by atoms with van der Waals surface area (Å²) in [4.78, 5) is 28.7. The summed E-state index contributed by atoms with van der Waals surface area (Å²) in [6, 6.07) is 1.91. The summed E-state index contributed by atoms with van der Waals surface area (Å²) in [5, 5.41) is 9.45. The molecular weight excluding hydrogens is 313 g/mol. The fraction of sp³-hybridized carbons (Fsp3) is 0.533. The number of aromatic nitrogens is 1. The van der Waals surface area contributed by atoms with Crippen molar-refractivity contribution < 1.29 is 27.9 Å². The molecule has 0 aromatic carbocycles. The number of pyridine rings is 1. The Morgan fingerprint density at radius 3 is 2.52 bits per heavy atom. The molecule has 1 atom stereocenters. The summed E-state index contributed by atoms with van der Waals surface area (Å²) in [6.07, 6.45) is -3.37. The average molecular weight is 330 g/mol. The van der Waals surface area contributed by atoms with Gasteiger partial charge in [-0.3, -0.25) is 14.6 Å². The predicted molar refractivity (Wildman–Crippen MR) is 74.7 cm³/mol. The van der Waals surface area contributed by atoms with Crippen LogP contribution in [0.15, 0.2) is 18.3 Å². The number of halogens is 3. The largest absolute Gasteiger partial charge is 0.481 e. The van der Waals surface area contributed by atoms with Gasteiger partial charge in [0.2, 0.25) is 0 Å². The van der Waals surface area contributed by atoms with Crippen molar-refractivity contribution in [2.75, 3.05) is 13.1 Å². The van der Waals surface area contributed by atoms with E-state index in [1.807, 2.05) is 0 Å². The van der Waals surface area contributed by atoms with Crippen molar-refractivity contribution in [3.8, 4) is 0 Å². The van der Waals surface area contributed by atoms with Crippen LogP contribution < -0.4 is 0 Å². The lowest BCUT2D eigenvalue weighted by Gasteiger charge is -2.28. The molecule has 1 aliphatic rings. The van der Waals surface area contributed by atoms with Crippen LogP contribution in [-0.2, 0) is 11.0 Å². The first-order chi connectivity index (χ1) is 10.6. The highest BCUT2D eigenvalue weighted by Gasteiger charge is 2.49. The first-order valence-corrected chi connectivity index (χ1v) is 7.14. The molecule has 1 aliphatic heterocycles. The van der Waals surface area contributed by atoms with Crippen LogP contribution in [0.25, 0.3) is 0 Å². The zero-order chi connectivity index (χ0) is 17.4. The van der Waals surface area contributed by atoms with E-state index in [4.69, 9.17) is 0 Å². The third-order valence-electron chi connectivity index (χ3n) is 4.43. The van der Waals surface area contributed by atoms with Crippen molar-refractivity contribution in [3.05, 3.63) is 29.6 Å². The molecule has 8 heteroatoms. The highest BCUT2D eigenvalue weighted by atomic mass is 19.4. The van der Waals surface area contributed by atoms with Crippen LogP contribution >= 0.6 is 0 Å². The lowest BCUT2D eigenvalue weighted by Crippen LogP contribution is -2.41. The summed E-state index contributed by atoms with van der Waals surface area (Å²) in [6.45, 7) is 3.43. The van der Waals surface area contributed by atoms with Crippen molar-refractivity contribution in [2.24, 2.45) is 11.3 Å². The van der Waals surface area contributed by atoms with Crippen molar-refractivity contribution >= 4 is 11.9 Å². The smallest absolute Gasteiger partial charge is 0.418 e. The molecule has 1 amide bonds. The first kappa shape index (κ1) is 17.2. The summed E-state index contributed by atoms with van der Waals surface area (Å²) in [5.74, 6) is -2.18. The van der Waals surface area contributed by atoms with E-state index in [0.717, 1.165) is 23.2 Å². The van der Waals surface area contributed by atoms with Crippen LogP contribution in [0.4, 0.5) is 13.2 Å². The number of aliphatic carboxylic acids is 1. The van der Waals surface area contributed by atoms with Gasteiger partial charge in [0.1, 0.15) is 5.69 Å². The Morgan fingerprint density at radius 1 is 1.39 bits per heavy atom. The molecule has 0 saturated carbocycles. The molecule has 1 N–H and O–H groups in total. The van der Waals surface area contributed by atoms with Gasteiger partial charge in [-0.1, -0.05) is 13.8 Å². The Kier molecular flexibility index (Phi) is 4.37. The molecule has 1 fully saturated rings. The van der Waals surface area contributed by atoms with Gasteiger partial charge < -0.3 is 10.0 Å². The highest BCUT2D eigenvalue weighted by Crippen LogP contribution is 2.39. The Bertz CT molecular complexity index is 631. The van der Waals surface area contributed by atoms with E-state index in [9.17, 15) is 27.9 Å². The van der Waals surface area contributed by atoms with Gasteiger partial charge in [-0.05, 0) is 24.5 Å². The van der Waals surface area contributed by atoms with Crippen LogP contribution in [0, 0.1) is 11.3 Å². The van der Waals surface area contributed by atoms with E-state index in [1.165, 1.54) is 0 Å². The maximum atomic E-state index is 13.0. The second-order valence-electron chi connectivity index (χ2n) is 5.99. The Balaban J connectivity index is 2.32. The number of amides is 1. The molecular formula is C15H17F3N2O3. The summed E-state index contributed by atoms with van der Waals surface area (Å²) < 4.78 is 39.0. The first-order valence-electron chi connectivity index (χ1n) is 7.14. The number of rotatable bonds is 3. The Hall–Kier alpha value is -2.12. The van der Waals surface area contributed by atoms with Gasteiger partial charge in [0.25, 0.3) is 5.91 Å². The molecule has 5 nitrogen and oxygen atoms in total. The van der Waals surface area contributed by atoms with Crippen LogP contribution in [0.3, 0.4) is 0 Å². The fourth-order valence-corrected chi connectivity index (χ4v) is 2.85. The van der Waals surface area contributed by atoms with Crippen molar-refractivity contribution in [1.29, 1.82) is 0 Å². The minimum atomic E-state index is -4.69. The maximum Gasteiger partial charge on any atom is 0.418 e. The number of nitrogens with zero attached hydrogens (tertiary/aromatic N) is 2. The van der Waals surface area contributed by atoms with Gasteiger partial charge in [0.15, 0.2) is 0 Å². The molecule has 1 unspecified atom stereocenters. The Morgan fingerprint density at radius 2 is 2.04 bits per heavy atom. The zero-order valence-corrected chi connectivity index (χ0v) is 12.7. The molecule has 0 spiro atoms. The lowest BCUT2D eigenvalue weighted by atomic mass is 9.76. The maximum absolute atomic E-state index is 13.0. The number of carboxylic acids is 1. The molecule has 1 aromatic heterocycles. The van der Waals surface area contributed by atoms with Crippen molar-refractivity contribution in [1.82, 2.24) is 9.88 Å². The third-order valence-corrected chi connectivity index (χ3v) is 4.43. The quantitative estimate of drug-likeness (QED) is 0.925. The zero-order valence-electron chi connectivity index (χ0n) is 12.7. The highest BCUT2D eigenvalue weighted by molar-refractivity contribution is 5.94. The SMILES string of the molecule is CC(C)C1(C(=O)O)CCN(C(=O)c2ncccc2C(F)(F)F)C1. The van der Waals surface area contributed by atoms with E-state index < -0.39 is 34.7 Å². The van der Waals surface area contributed by atoms with E-state index in [1.54, 1.807) is 13.8 Å². The number of likely N-dealkylation sites (tertiary alicyclic amines) is 1. The fourth-order valence-electron chi connectivity index (χ4n) is 2.85. The minimum absolute atomic E-state index is 0.0944. The number of hydrogen-bond donors (Lipinski definition) is 1. The second-order valence-corrected chi connectivity index (χ2v) is 5.99. The number of hydrogen-bond acceptors (Lipinski definition) is 3. The molecule has 1 saturated heterocycles. The van der Waals surface area contributed by atoms with Gasteiger partial charge >= 0.3 is 12.1 Å². The van der Waals surface area contributed by atoms with Gasteiger partial charge in [0.05, 0.1) is 11.0 Å². The van der Waals surface area contributed by atoms with Crippen LogP contribution in [0.5, 0.6) is 0 Å². The number of carbonyl (C=O) groups is 2.